The zero-order chi connectivity index (χ0) is 81.5. The SMILES string of the molecule is CC(C)(C)C1OCCO1.CC(C)(C)N1CCOCC1.CC(C)(C)c1cc[nH]c1.CC(C)(C)c1cccs1.CC(C)(C)c1ccno1.CC(C)(C)c1cnco1.CC(C)(C)c1csnn1.CC(C)(C)c1nnc(-c2ccccc2)o1.CC(C)(C)n1cccc1.CC(C)(C)n1cccn1.Cc1nc(C(C)(C)C)no1. The fourth-order valence-corrected chi connectivity index (χ4v) is 10.0. The highest BCUT2D eigenvalue weighted by Crippen LogP contribution is 2.29. The van der Waals surface area contributed by atoms with Crippen molar-refractivity contribution in [1.29, 1.82) is 0 Å². The third-order valence-corrected chi connectivity index (χ3v) is 17.1. The molecule has 0 aliphatic carbocycles. The number of aromatic nitrogens is 12. The first-order valence-corrected chi connectivity index (χ1v) is 38.9. The molecule has 1 aromatic carbocycles. The van der Waals surface area contributed by atoms with Gasteiger partial charge in [0.15, 0.2) is 18.5 Å². The van der Waals surface area contributed by atoms with E-state index in [4.69, 9.17) is 32.1 Å². The highest BCUT2D eigenvalue weighted by atomic mass is 32.1. The highest BCUT2D eigenvalue weighted by Gasteiger charge is 2.30. The van der Waals surface area contributed by atoms with Crippen LogP contribution in [0.1, 0.15) is 274 Å². The summed E-state index contributed by atoms with van der Waals surface area (Å²) in [4.78, 5) is 14.9. The predicted molar refractivity (Wildman–Crippen MR) is 442 cm³/mol. The molecular weight excluding hydrogens is 1380 g/mol. The van der Waals surface area contributed by atoms with E-state index in [-0.39, 0.29) is 49.9 Å². The average Bonchev–Trinajstić information content (AvgIpc) is 1.70. The van der Waals surface area contributed by atoms with Gasteiger partial charge in [-0.15, -0.1) is 26.6 Å². The summed E-state index contributed by atoms with van der Waals surface area (Å²) in [5.74, 6) is 4.52. The van der Waals surface area contributed by atoms with Gasteiger partial charge >= 0.3 is 0 Å². The number of morpholine rings is 1. The van der Waals surface area contributed by atoms with Gasteiger partial charge in [0, 0.05) is 123 Å². The fourth-order valence-electron chi connectivity index (χ4n) is 8.54. The molecule has 12 rings (SSSR count). The molecule has 598 valence electrons. The van der Waals surface area contributed by atoms with Crippen molar-refractivity contribution in [2.45, 2.75) is 296 Å². The number of ether oxygens (including phenoxy) is 3. The van der Waals surface area contributed by atoms with Crippen LogP contribution in [0.4, 0.5) is 0 Å². The minimum atomic E-state index is -0.0972. The Kier molecular flexibility index (Phi) is 38.2. The zero-order valence-electron chi connectivity index (χ0n) is 72.1. The van der Waals surface area contributed by atoms with Crippen LogP contribution in [0, 0.1) is 12.3 Å². The van der Waals surface area contributed by atoms with E-state index in [1.54, 1.807) is 25.5 Å². The number of aromatic amines is 1. The summed E-state index contributed by atoms with van der Waals surface area (Å²) in [7, 11) is 0. The van der Waals surface area contributed by atoms with Crippen LogP contribution in [0.2, 0.25) is 0 Å². The maximum atomic E-state index is 5.61. The Hall–Kier alpha value is -7.21. The third kappa shape index (κ3) is 39.6. The number of nitrogens with one attached hydrogen (secondary N) is 1. The van der Waals surface area contributed by atoms with E-state index in [0.29, 0.717) is 34.0 Å². The second kappa shape index (κ2) is 42.7. The molecule has 0 spiro atoms. The molecule has 0 amide bonds. The maximum Gasteiger partial charge on any atom is 0.247 e. The van der Waals surface area contributed by atoms with E-state index < -0.39 is 0 Å². The minimum absolute atomic E-state index is 0.00222. The lowest BCUT2D eigenvalue weighted by atomic mass is 9.89. The molecule has 1 N–H and O–H groups in total. The molecule has 2 aliphatic rings. The molecule has 2 saturated heterocycles. The molecule has 0 unspecified atom stereocenters. The van der Waals surface area contributed by atoms with Crippen molar-refractivity contribution in [1.82, 2.24) is 64.3 Å². The van der Waals surface area contributed by atoms with Gasteiger partial charge in [-0.1, -0.05) is 205 Å². The second-order valence-corrected chi connectivity index (χ2v) is 38.9. The number of hydrogen-bond donors (Lipinski definition) is 1. The normalized spacial score (nSPS) is 13.9. The van der Waals surface area contributed by atoms with Crippen molar-refractivity contribution in [2.75, 3.05) is 39.5 Å². The van der Waals surface area contributed by atoms with Gasteiger partial charge in [-0.3, -0.25) is 9.58 Å². The minimum Gasteiger partial charge on any atom is -0.448 e. The largest absolute Gasteiger partial charge is 0.448 e. The van der Waals surface area contributed by atoms with Crippen molar-refractivity contribution in [3.8, 4) is 11.5 Å². The van der Waals surface area contributed by atoms with Crippen LogP contribution in [0.5, 0.6) is 0 Å². The second-order valence-electron chi connectivity index (χ2n) is 37.4. The lowest BCUT2D eigenvalue weighted by Gasteiger charge is -2.38. The Bertz CT molecular complexity index is 3320. The molecule has 10 aromatic rings. The van der Waals surface area contributed by atoms with Crippen molar-refractivity contribution < 1.29 is 32.1 Å². The lowest BCUT2D eigenvalue weighted by molar-refractivity contribution is -0.112. The molecule has 11 heterocycles. The van der Waals surface area contributed by atoms with Gasteiger partial charge in [0.1, 0.15) is 11.5 Å². The quantitative estimate of drug-likeness (QED) is 0.161. The van der Waals surface area contributed by atoms with Crippen molar-refractivity contribution >= 4 is 22.9 Å². The smallest absolute Gasteiger partial charge is 0.247 e. The third-order valence-electron chi connectivity index (χ3n) is 15.3. The summed E-state index contributed by atoms with van der Waals surface area (Å²) in [5, 5.41) is 27.7. The van der Waals surface area contributed by atoms with E-state index >= 15 is 0 Å². The number of thiophene rings is 1. The zero-order valence-corrected chi connectivity index (χ0v) is 73.8. The molecule has 2 fully saturated rings. The molecule has 0 radical (unpaired) electrons. The summed E-state index contributed by atoms with van der Waals surface area (Å²) in [6.07, 6.45) is 16.8. The molecule has 0 saturated carbocycles. The topological polar surface area (TPSA) is 225 Å². The number of hydrogen-bond acceptors (Lipinski definition) is 19. The first kappa shape index (κ1) is 95.9. The van der Waals surface area contributed by atoms with Crippen LogP contribution in [-0.4, -0.2) is 116 Å². The fraction of sp³-hybridized carbons (Fsp3) is 0.612. The highest BCUT2D eigenvalue weighted by molar-refractivity contribution is 7.10. The van der Waals surface area contributed by atoms with Crippen molar-refractivity contribution in [3.63, 3.8) is 0 Å². The summed E-state index contributed by atoms with van der Waals surface area (Å²) in [6, 6.07) is 24.1. The van der Waals surface area contributed by atoms with Crippen LogP contribution < -0.4 is 0 Å². The first-order valence-electron chi connectivity index (χ1n) is 37.2. The molecule has 0 bridgehead atoms. The van der Waals surface area contributed by atoms with Gasteiger partial charge in [-0.05, 0) is 138 Å². The van der Waals surface area contributed by atoms with Crippen LogP contribution in [0.15, 0.2) is 157 Å². The van der Waals surface area contributed by atoms with Crippen LogP contribution in [-0.2, 0) is 63.2 Å². The van der Waals surface area contributed by atoms with E-state index in [9.17, 15) is 0 Å². The van der Waals surface area contributed by atoms with E-state index in [1.165, 1.54) is 28.4 Å². The Morgan fingerprint density at radius 2 is 1.12 bits per heavy atom. The number of oxazole rings is 1. The first-order chi connectivity index (χ1) is 49.0. The predicted octanol–water partition coefficient (Wildman–Crippen LogP) is 22.3. The van der Waals surface area contributed by atoms with Gasteiger partial charge in [-0.25, -0.2) is 4.98 Å². The summed E-state index contributed by atoms with van der Waals surface area (Å²) >= 11 is 3.24. The average molecular weight is 1520 g/mol. The number of rotatable bonds is 1. The lowest BCUT2D eigenvalue weighted by Crippen LogP contribution is -2.47. The van der Waals surface area contributed by atoms with Crippen molar-refractivity contribution in [3.05, 3.63) is 185 Å². The molecule has 2 aliphatic heterocycles. The number of nitrogens with zero attached hydrogens (tertiary/aromatic N) is 12. The molecule has 20 nitrogen and oxygen atoms in total. The number of aryl methyl sites for hydroxylation is 1. The van der Waals surface area contributed by atoms with Gasteiger partial charge in [0.2, 0.25) is 17.7 Å². The van der Waals surface area contributed by atoms with E-state index in [1.807, 2.05) is 94.6 Å². The molecule has 107 heavy (non-hydrogen) atoms. The van der Waals surface area contributed by atoms with Crippen LogP contribution in [0.3, 0.4) is 0 Å². The maximum absolute atomic E-state index is 5.61. The summed E-state index contributed by atoms with van der Waals surface area (Å²) < 4.78 is 44.2. The summed E-state index contributed by atoms with van der Waals surface area (Å²) in [5.41, 5.74) is 5.11. The Morgan fingerprint density at radius 1 is 0.523 bits per heavy atom. The van der Waals surface area contributed by atoms with Crippen LogP contribution in [0.25, 0.3) is 11.5 Å². The molecule has 9 aromatic heterocycles. The van der Waals surface area contributed by atoms with Crippen molar-refractivity contribution in [2.24, 2.45) is 5.41 Å². The van der Waals surface area contributed by atoms with E-state index in [0.717, 1.165) is 68.1 Å². The summed E-state index contributed by atoms with van der Waals surface area (Å²) in [6.45, 7) is 77.9. The van der Waals surface area contributed by atoms with Gasteiger partial charge in [0.25, 0.3) is 0 Å². The Labute approximate surface area is 653 Å². The molecular formula is C85H139N13O7S2. The number of benzene rings is 1. The molecule has 22 heteroatoms. The molecule has 0 atom stereocenters. The van der Waals surface area contributed by atoms with Crippen LogP contribution >= 0.6 is 22.9 Å². The number of H-pyrrole nitrogens is 1. The van der Waals surface area contributed by atoms with Gasteiger partial charge in [-0.2, -0.15) is 10.1 Å². The van der Waals surface area contributed by atoms with Gasteiger partial charge in [0.05, 0.1) is 50.1 Å². The monoisotopic (exact) mass is 1520 g/mol. The standard InChI is InChI=1S/C12H14N2O.C8H17NO.2C8H13N.C8H12S.C7H12N2O.C7H12N2.2C7H11NO.C7H14O2.C6H10N2S/c1-12(2,3)11-14-13-10(15-11)9-7-5-4-6-8-9;1-8(2,3)9-4-6-10-7-5-9;1-8(2,3)7-4-5-9-6-7;1-8(2,3)9-6-4-5-7-9;1-8(2,3)7-5-4-6-9-7;1-5-8-6(9-10-5)7(2,3)4;1-7(2,3)9-6-4-5-8-9;1-7(2,3)6-4-8-5-9-6;1-7(2,3)6-4-5-8-9-6;1-7(2,3)6-8-4-5-9-6;1-6(2,3)5-4-9-8-7-5/h4-8H,1-3H3;4-7H2,1-3H3;4-6,9H,1-3H3;4-7H,1-3H3;4-6H,1-3H3;1-4H3;4-6H,1-3H3;2*4-5H,1-3H3;6H,4-5H2,1-3H3;4H,1-3H3. The Balaban J connectivity index is 0.000000401. The van der Waals surface area contributed by atoms with Gasteiger partial charge < -0.3 is 41.6 Å². The Morgan fingerprint density at radius 3 is 1.39 bits per heavy atom. The van der Waals surface area contributed by atoms with E-state index in [2.05, 4.69) is 324 Å².